The molecule has 1 amide bonds. The second-order valence-electron chi connectivity index (χ2n) is 6.97. The Bertz CT molecular complexity index is 803. The predicted octanol–water partition coefficient (Wildman–Crippen LogP) is 3.52. The zero-order valence-corrected chi connectivity index (χ0v) is 17.8. The summed E-state index contributed by atoms with van der Waals surface area (Å²) in [5.41, 5.74) is 3.13. The number of aryl methyl sites for hydroxylation is 1. The summed E-state index contributed by atoms with van der Waals surface area (Å²) in [5, 5.41) is 9.40. The van der Waals surface area contributed by atoms with Crippen LogP contribution in [0.3, 0.4) is 0 Å². The number of nitrogens with one attached hydrogen (secondary N) is 3. The van der Waals surface area contributed by atoms with Gasteiger partial charge in [0.15, 0.2) is 5.96 Å². The molecule has 6 heteroatoms. The molecule has 3 N–H and O–H groups in total. The zero-order chi connectivity index (χ0) is 21.1. The summed E-state index contributed by atoms with van der Waals surface area (Å²) in [6.07, 6.45) is 0.841. The molecule has 29 heavy (non-hydrogen) atoms. The lowest BCUT2D eigenvalue weighted by Gasteiger charge is -2.16. The topological polar surface area (TPSA) is 74.8 Å². The van der Waals surface area contributed by atoms with Crippen LogP contribution >= 0.6 is 0 Å². The Balaban J connectivity index is 1.82. The van der Waals surface area contributed by atoms with Crippen LogP contribution in [0.5, 0.6) is 5.75 Å². The molecule has 0 saturated heterocycles. The van der Waals surface area contributed by atoms with Crippen LogP contribution in [0.2, 0.25) is 0 Å². The highest BCUT2D eigenvalue weighted by Crippen LogP contribution is 2.17. The summed E-state index contributed by atoms with van der Waals surface area (Å²) in [5.74, 6) is 1.62. The van der Waals surface area contributed by atoms with Crippen molar-refractivity contribution in [1.82, 2.24) is 10.6 Å². The van der Waals surface area contributed by atoms with Crippen molar-refractivity contribution in [3.05, 3.63) is 59.7 Å². The number of para-hydroxylation sites is 1. The first-order chi connectivity index (χ1) is 14.0. The Hall–Kier alpha value is -3.02. The van der Waals surface area contributed by atoms with Gasteiger partial charge in [-0.3, -0.25) is 4.79 Å². The maximum absolute atomic E-state index is 11.1. The molecule has 0 bridgehead atoms. The van der Waals surface area contributed by atoms with Gasteiger partial charge in [-0.1, -0.05) is 30.3 Å². The Labute approximate surface area is 173 Å². The number of hydrogen-bond donors (Lipinski definition) is 3. The van der Waals surface area contributed by atoms with E-state index < -0.39 is 0 Å². The lowest BCUT2D eigenvalue weighted by Crippen LogP contribution is -2.39. The smallest absolute Gasteiger partial charge is 0.221 e. The fourth-order valence-electron chi connectivity index (χ4n) is 2.79. The Morgan fingerprint density at radius 2 is 1.83 bits per heavy atom. The molecule has 2 aromatic rings. The average molecular weight is 397 g/mol. The van der Waals surface area contributed by atoms with E-state index in [0.29, 0.717) is 6.54 Å². The van der Waals surface area contributed by atoms with Crippen LogP contribution in [0.4, 0.5) is 5.69 Å². The normalized spacial score (nSPS) is 12.2. The SMILES string of the molecule is CCNC(=NCC(C)Oc1ccccc1C)NCCc1ccc(NC(C)=O)cc1. The summed E-state index contributed by atoms with van der Waals surface area (Å²) in [7, 11) is 0. The minimum absolute atomic E-state index is 0.0205. The molecule has 0 aliphatic carbocycles. The number of carbonyl (C=O) groups excluding carboxylic acids is 1. The van der Waals surface area contributed by atoms with Crippen molar-refractivity contribution in [3.8, 4) is 5.75 Å². The van der Waals surface area contributed by atoms with Crippen LogP contribution in [-0.4, -0.2) is 37.6 Å². The molecule has 1 unspecified atom stereocenters. The van der Waals surface area contributed by atoms with Gasteiger partial charge in [0.1, 0.15) is 11.9 Å². The highest BCUT2D eigenvalue weighted by atomic mass is 16.5. The van der Waals surface area contributed by atoms with Gasteiger partial charge in [0.25, 0.3) is 0 Å². The summed E-state index contributed by atoms with van der Waals surface area (Å²) in [4.78, 5) is 15.7. The largest absolute Gasteiger partial charge is 0.489 e. The van der Waals surface area contributed by atoms with Crippen molar-refractivity contribution < 1.29 is 9.53 Å². The standard InChI is InChI=1S/C23H32N4O2/c1-5-24-23(26-16-18(3)29-22-9-7-6-8-17(22)2)25-15-14-20-10-12-21(13-11-20)27-19(4)28/h6-13,18H,5,14-16H2,1-4H3,(H,27,28)(H2,24,25,26). The van der Waals surface area contributed by atoms with E-state index in [2.05, 4.69) is 20.9 Å². The number of guanidine groups is 1. The highest BCUT2D eigenvalue weighted by Gasteiger charge is 2.06. The van der Waals surface area contributed by atoms with Gasteiger partial charge in [0.05, 0.1) is 6.54 Å². The summed E-state index contributed by atoms with van der Waals surface area (Å²) in [6, 6.07) is 15.9. The minimum atomic E-state index is -0.0634. The number of anilines is 1. The van der Waals surface area contributed by atoms with Crippen molar-refractivity contribution in [2.24, 2.45) is 4.99 Å². The van der Waals surface area contributed by atoms with Crippen LogP contribution < -0.4 is 20.7 Å². The molecule has 2 rings (SSSR count). The van der Waals surface area contributed by atoms with Crippen LogP contribution in [0.25, 0.3) is 0 Å². The van der Waals surface area contributed by atoms with E-state index >= 15 is 0 Å². The van der Waals surface area contributed by atoms with Gasteiger partial charge >= 0.3 is 0 Å². The fourth-order valence-corrected chi connectivity index (χ4v) is 2.79. The van der Waals surface area contributed by atoms with Gasteiger partial charge in [0.2, 0.25) is 5.91 Å². The molecule has 2 aromatic carbocycles. The molecule has 0 heterocycles. The first kappa shape index (κ1) is 22.3. The molecule has 0 aromatic heterocycles. The van der Waals surface area contributed by atoms with Crippen LogP contribution in [0.1, 0.15) is 31.9 Å². The molecule has 0 radical (unpaired) electrons. The lowest BCUT2D eigenvalue weighted by atomic mass is 10.1. The molecule has 0 aliphatic rings. The van der Waals surface area contributed by atoms with E-state index in [1.54, 1.807) is 0 Å². The van der Waals surface area contributed by atoms with E-state index in [-0.39, 0.29) is 12.0 Å². The van der Waals surface area contributed by atoms with Crippen LogP contribution in [0, 0.1) is 6.92 Å². The van der Waals surface area contributed by atoms with Gasteiger partial charge < -0.3 is 20.7 Å². The van der Waals surface area contributed by atoms with Crippen molar-refractivity contribution >= 4 is 17.6 Å². The summed E-state index contributed by atoms with van der Waals surface area (Å²) in [6.45, 7) is 9.74. The zero-order valence-electron chi connectivity index (χ0n) is 17.8. The maximum atomic E-state index is 11.1. The average Bonchev–Trinajstić information content (AvgIpc) is 2.69. The van der Waals surface area contributed by atoms with Gasteiger partial charge in [0, 0.05) is 25.7 Å². The number of aliphatic imine (C=N–C) groups is 1. The van der Waals surface area contributed by atoms with E-state index in [0.717, 1.165) is 42.5 Å². The Morgan fingerprint density at radius 3 is 2.48 bits per heavy atom. The number of hydrogen-bond acceptors (Lipinski definition) is 3. The third kappa shape index (κ3) is 8.25. The van der Waals surface area contributed by atoms with Crippen molar-refractivity contribution in [1.29, 1.82) is 0 Å². The second kappa shape index (κ2) is 11.7. The van der Waals surface area contributed by atoms with E-state index in [9.17, 15) is 4.79 Å². The second-order valence-corrected chi connectivity index (χ2v) is 6.97. The van der Waals surface area contributed by atoms with Crippen molar-refractivity contribution in [3.63, 3.8) is 0 Å². The van der Waals surface area contributed by atoms with Crippen molar-refractivity contribution in [2.75, 3.05) is 25.0 Å². The fraction of sp³-hybridized carbons (Fsp3) is 0.391. The van der Waals surface area contributed by atoms with E-state index in [4.69, 9.17) is 4.74 Å². The number of amides is 1. The van der Waals surface area contributed by atoms with Gasteiger partial charge in [-0.2, -0.15) is 0 Å². The molecule has 156 valence electrons. The number of rotatable bonds is 9. The lowest BCUT2D eigenvalue weighted by molar-refractivity contribution is -0.114. The Kier molecular flexibility index (Phi) is 9.02. The quantitative estimate of drug-likeness (QED) is 0.448. The number of carbonyl (C=O) groups is 1. The number of ether oxygens (including phenoxy) is 1. The monoisotopic (exact) mass is 396 g/mol. The molecule has 0 saturated carbocycles. The Morgan fingerprint density at radius 1 is 1.10 bits per heavy atom. The van der Waals surface area contributed by atoms with Gasteiger partial charge in [-0.05, 0) is 56.5 Å². The number of nitrogens with zero attached hydrogens (tertiary/aromatic N) is 1. The van der Waals surface area contributed by atoms with Crippen LogP contribution in [0.15, 0.2) is 53.5 Å². The van der Waals surface area contributed by atoms with Gasteiger partial charge in [-0.15, -0.1) is 0 Å². The highest BCUT2D eigenvalue weighted by molar-refractivity contribution is 5.88. The molecule has 0 spiro atoms. The molecule has 1 atom stereocenters. The third-order valence-corrected chi connectivity index (χ3v) is 4.25. The molecule has 6 nitrogen and oxygen atoms in total. The van der Waals surface area contributed by atoms with E-state index in [1.807, 2.05) is 69.3 Å². The van der Waals surface area contributed by atoms with Crippen molar-refractivity contribution in [2.45, 2.75) is 40.2 Å². The van der Waals surface area contributed by atoms with Crippen LogP contribution in [-0.2, 0) is 11.2 Å². The first-order valence-corrected chi connectivity index (χ1v) is 10.1. The van der Waals surface area contributed by atoms with Gasteiger partial charge in [-0.25, -0.2) is 4.99 Å². The molecule has 0 aliphatic heterocycles. The number of benzene rings is 2. The predicted molar refractivity (Wildman–Crippen MR) is 120 cm³/mol. The third-order valence-electron chi connectivity index (χ3n) is 4.25. The van der Waals surface area contributed by atoms with E-state index in [1.165, 1.54) is 12.5 Å². The molecular weight excluding hydrogens is 364 g/mol. The maximum Gasteiger partial charge on any atom is 0.221 e. The summed E-state index contributed by atoms with van der Waals surface area (Å²) < 4.78 is 5.99. The summed E-state index contributed by atoms with van der Waals surface area (Å²) >= 11 is 0. The molecular formula is C23H32N4O2. The minimum Gasteiger partial charge on any atom is -0.489 e. The molecule has 0 fully saturated rings. The first-order valence-electron chi connectivity index (χ1n) is 10.1.